The molecule has 1 atom stereocenters. The van der Waals surface area contributed by atoms with E-state index in [2.05, 4.69) is 66.3 Å². The van der Waals surface area contributed by atoms with Crippen molar-refractivity contribution in [2.45, 2.75) is 69.9 Å². The average Bonchev–Trinajstić information content (AvgIpc) is 3.86. The Kier molecular flexibility index (Phi) is 11.1. The number of hydrogen-bond acceptors (Lipinski definition) is 10. The molecule has 4 aromatic rings. The van der Waals surface area contributed by atoms with E-state index in [4.69, 9.17) is 21.3 Å². The molecule has 0 radical (unpaired) electrons. The Morgan fingerprint density at radius 3 is 2.36 bits per heavy atom. The summed E-state index contributed by atoms with van der Waals surface area (Å²) < 4.78 is 5.59. The van der Waals surface area contributed by atoms with Crippen molar-refractivity contribution in [3.63, 3.8) is 0 Å². The molecule has 14 heteroatoms. The van der Waals surface area contributed by atoms with Crippen LogP contribution in [0.1, 0.15) is 84.3 Å². The molecule has 308 valence electrons. The van der Waals surface area contributed by atoms with Gasteiger partial charge < -0.3 is 29.3 Å². The molecule has 4 fully saturated rings. The number of carbonyl (C=O) groups is 3. The number of piperidine rings is 3. The van der Waals surface area contributed by atoms with Gasteiger partial charge in [0.2, 0.25) is 17.7 Å². The van der Waals surface area contributed by atoms with Crippen LogP contribution in [0.2, 0.25) is 5.02 Å². The second-order valence-corrected chi connectivity index (χ2v) is 17.2. The number of nitriles is 1. The summed E-state index contributed by atoms with van der Waals surface area (Å²) in [5.74, 6) is 1.41. The number of imide groups is 1. The van der Waals surface area contributed by atoms with E-state index in [-0.39, 0.29) is 18.2 Å². The number of benzene rings is 2. The number of amides is 3. The van der Waals surface area contributed by atoms with Crippen LogP contribution < -0.4 is 24.8 Å². The number of fused-ring (bicyclic) bond motifs is 2. The lowest BCUT2D eigenvalue weighted by atomic mass is 9.88. The minimum absolute atomic E-state index is 0.220. The van der Waals surface area contributed by atoms with Crippen molar-refractivity contribution in [2.75, 3.05) is 80.7 Å². The summed E-state index contributed by atoms with van der Waals surface area (Å²) in [6.07, 6.45) is 9.42. The number of aromatic amines is 1. The molecule has 5 aliphatic rings. The summed E-state index contributed by atoms with van der Waals surface area (Å²) in [5.41, 5.74) is 6.65. The fourth-order valence-corrected chi connectivity index (χ4v) is 10.3. The molecule has 0 aliphatic carbocycles. The lowest BCUT2D eigenvalue weighted by Crippen LogP contribution is -2.52. The second kappa shape index (κ2) is 16.7. The number of nitrogens with one attached hydrogen (secondary N) is 2. The highest BCUT2D eigenvalue weighted by molar-refractivity contribution is 6.36. The predicted octanol–water partition coefficient (Wildman–Crippen LogP) is 6.06. The second-order valence-electron chi connectivity index (χ2n) is 16.8. The van der Waals surface area contributed by atoms with E-state index in [1.54, 1.807) is 11.1 Å². The summed E-state index contributed by atoms with van der Waals surface area (Å²) in [6, 6.07) is 16.9. The molecule has 0 unspecified atom stereocenters. The number of nitrogens with zero attached hydrogens (tertiary/aromatic N) is 7. The third-order valence-corrected chi connectivity index (χ3v) is 13.8. The molecule has 0 bridgehead atoms. The van der Waals surface area contributed by atoms with Crippen LogP contribution in [0.5, 0.6) is 5.88 Å². The van der Waals surface area contributed by atoms with Gasteiger partial charge >= 0.3 is 0 Å². The Morgan fingerprint density at radius 2 is 1.64 bits per heavy atom. The lowest BCUT2D eigenvalue weighted by molar-refractivity contribution is -0.136. The van der Waals surface area contributed by atoms with E-state index < -0.39 is 11.9 Å². The first-order valence-electron chi connectivity index (χ1n) is 21.3. The van der Waals surface area contributed by atoms with E-state index in [1.807, 2.05) is 12.1 Å². The average molecular weight is 818 g/mol. The maximum atomic E-state index is 13.4. The van der Waals surface area contributed by atoms with Crippen LogP contribution in [0.3, 0.4) is 0 Å². The Bertz CT molecular complexity index is 2260. The molecule has 13 nitrogen and oxygen atoms in total. The standard InChI is InChI=1S/C45H52ClN9O4/c1-59-44-41-32(28-55(45(41)58)37-10-11-39(56)50-43(37)57)25-38(49-44)54-23-21-51(22-24-54)16-2-3-29-12-17-52(18-13-29)34-6-4-30(5-7-34)31-14-19-53(20-15-31)36-9-8-35(46)40-33(26-47)27-48-42(36)40/h4-9,25,27,29,31,37,48H,2-3,10-24,28H2,1H3,(H,50,56,57)/t37-/m1/s1. The van der Waals surface area contributed by atoms with Crippen molar-refractivity contribution in [3.05, 3.63) is 75.9 Å². The molecule has 2 aromatic carbocycles. The van der Waals surface area contributed by atoms with Crippen LogP contribution in [-0.4, -0.2) is 110 Å². The molecule has 2 aromatic heterocycles. The lowest BCUT2D eigenvalue weighted by Gasteiger charge is -2.37. The van der Waals surface area contributed by atoms with Crippen LogP contribution in [-0.2, 0) is 16.1 Å². The summed E-state index contributed by atoms with van der Waals surface area (Å²) in [4.78, 5) is 57.0. The number of methoxy groups -OCH3 is 1. The zero-order valence-electron chi connectivity index (χ0n) is 33.7. The molecule has 0 saturated carbocycles. The van der Waals surface area contributed by atoms with Gasteiger partial charge in [-0.15, -0.1) is 0 Å². The van der Waals surface area contributed by atoms with Gasteiger partial charge in [0, 0.05) is 82.6 Å². The number of piperazine rings is 1. The monoisotopic (exact) mass is 817 g/mol. The van der Waals surface area contributed by atoms with Gasteiger partial charge in [-0.25, -0.2) is 0 Å². The Hall–Kier alpha value is -5.32. The number of aromatic nitrogens is 2. The minimum Gasteiger partial charge on any atom is -0.480 e. The van der Waals surface area contributed by atoms with E-state index in [0.29, 0.717) is 40.9 Å². The first-order chi connectivity index (χ1) is 28.8. The Balaban J connectivity index is 0.701. The van der Waals surface area contributed by atoms with Gasteiger partial charge in [-0.2, -0.15) is 10.2 Å². The van der Waals surface area contributed by atoms with Gasteiger partial charge in [-0.1, -0.05) is 23.7 Å². The van der Waals surface area contributed by atoms with Crippen molar-refractivity contribution in [1.29, 1.82) is 5.26 Å². The van der Waals surface area contributed by atoms with Crippen LogP contribution in [0.4, 0.5) is 17.2 Å². The molecular formula is C45H52ClN9O4. The van der Waals surface area contributed by atoms with Gasteiger partial charge in [-0.05, 0) is 105 Å². The number of anilines is 3. The fourth-order valence-electron chi connectivity index (χ4n) is 10.1. The van der Waals surface area contributed by atoms with E-state index >= 15 is 0 Å². The number of H-pyrrole nitrogens is 1. The first-order valence-corrected chi connectivity index (χ1v) is 21.6. The Labute approximate surface area is 350 Å². The molecule has 0 spiro atoms. The van der Waals surface area contributed by atoms with Crippen LogP contribution in [0, 0.1) is 17.2 Å². The van der Waals surface area contributed by atoms with Crippen molar-refractivity contribution in [3.8, 4) is 11.9 Å². The molecule has 59 heavy (non-hydrogen) atoms. The highest BCUT2D eigenvalue weighted by Gasteiger charge is 2.41. The van der Waals surface area contributed by atoms with Crippen molar-refractivity contribution >= 4 is 57.4 Å². The fraction of sp³-hybridized carbons (Fsp3) is 0.489. The molecule has 5 aliphatic heterocycles. The smallest absolute Gasteiger partial charge is 0.260 e. The number of carbonyl (C=O) groups excluding carboxylic acids is 3. The summed E-state index contributed by atoms with van der Waals surface area (Å²) >= 11 is 6.46. The maximum Gasteiger partial charge on any atom is 0.260 e. The topological polar surface area (TPSA) is 141 Å². The summed E-state index contributed by atoms with van der Waals surface area (Å²) in [5, 5.41) is 13.3. The van der Waals surface area contributed by atoms with E-state index in [9.17, 15) is 19.6 Å². The zero-order chi connectivity index (χ0) is 40.6. The van der Waals surface area contributed by atoms with E-state index in [0.717, 1.165) is 106 Å². The predicted molar refractivity (Wildman–Crippen MR) is 228 cm³/mol. The van der Waals surface area contributed by atoms with Crippen molar-refractivity contribution < 1.29 is 19.1 Å². The molecule has 7 heterocycles. The summed E-state index contributed by atoms with van der Waals surface area (Å²) in [7, 11) is 1.53. The number of pyridine rings is 1. The first kappa shape index (κ1) is 39.2. The van der Waals surface area contributed by atoms with Gasteiger partial charge in [0.1, 0.15) is 23.5 Å². The molecule has 4 saturated heterocycles. The minimum atomic E-state index is -0.669. The molecule has 3 amide bonds. The van der Waals surface area contributed by atoms with Crippen molar-refractivity contribution in [2.24, 2.45) is 5.92 Å². The number of rotatable bonds is 10. The summed E-state index contributed by atoms with van der Waals surface area (Å²) in [6.45, 7) is 9.17. The number of halogens is 1. The highest BCUT2D eigenvalue weighted by Crippen LogP contribution is 2.39. The highest BCUT2D eigenvalue weighted by atomic mass is 35.5. The van der Waals surface area contributed by atoms with Crippen LogP contribution >= 0.6 is 11.6 Å². The van der Waals surface area contributed by atoms with Gasteiger partial charge in [-0.3, -0.25) is 24.6 Å². The maximum absolute atomic E-state index is 13.4. The van der Waals surface area contributed by atoms with Crippen molar-refractivity contribution in [1.82, 2.24) is 25.1 Å². The van der Waals surface area contributed by atoms with Gasteiger partial charge in [0.15, 0.2) is 0 Å². The van der Waals surface area contributed by atoms with Gasteiger partial charge in [0.05, 0.1) is 28.9 Å². The van der Waals surface area contributed by atoms with Crippen LogP contribution in [0.25, 0.3) is 10.9 Å². The number of ether oxygens (including phenoxy) is 1. The molecule has 9 rings (SSSR count). The quantitative estimate of drug-likeness (QED) is 0.182. The Morgan fingerprint density at radius 1 is 0.898 bits per heavy atom. The normalized spacial score (nSPS) is 21.0. The molecular weight excluding hydrogens is 766 g/mol. The third kappa shape index (κ3) is 7.80. The molecule has 2 N–H and O–H groups in total. The van der Waals surface area contributed by atoms with E-state index in [1.165, 1.54) is 44.0 Å². The number of hydrogen-bond donors (Lipinski definition) is 2. The SMILES string of the molecule is COc1nc(N2CCN(CCCC3CCN(c4ccc(C5CCN(c6ccc(Cl)c7c(C#N)c[nH]c67)CC5)cc4)CC3)CC2)cc2c1C(=O)N([C@@H]1CCC(=O)NC1=O)C2. The largest absolute Gasteiger partial charge is 0.480 e. The third-order valence-electron chi connectivity index (χ3n) is 13.5. The zero-order valence-corrected chi connectivity index (χ0v) is 34.5. The van der Waals surface area contributed by atoms with Gasteiger partial charge in [0.25, 0.3) is 5.91 Å². The van der Waals surface area contributed by atoms with Crippen LogP contribution in [0.15, 0.2) is 48.7 Å².